The largest absolute Gasteiger partial charge is 0.346 e. The minimum Gasteiger partial charge on any atom is -0.346 e. The van der Waals surface area contributed by atoms with E-state index in [9.17, 15) is 8.42 Å². The Morgan fingerprint density at radius 2 is 2.05 bits per heavy atom. The summed E-state index contributed by atoms with van der Waals surface area (Å²) in [7, 11) is 1.79. The average molecular weight is 318 g/mol. The highest BCUT2D eigenvalue weighted by Gasteiger charge is 2.18. The van der Waals surface area contributed by atoms with E-state index in [4.69, 9.17) is 10.7 Å². The molecule has 0 atom stereocenters. The number of halogens is 1. The fraction of sp³-hybridized carbons (Fsp3) is 0.385. The van der Waals surface area contributed by atoms with Gasteiger partial charge in [-0.15, -0.1) is 0 Å². The van der Waals surface area contributed by atoms with Crippen LogP contribution in [-0.2, 0) is 15.6 Å². The molecule has 2 aromatic rings. The quantitative estimate of drug-likeness (QED) is 0.602. The Morgan fingerprint density at radius 1 is 1.32 bits per heavy atom. The number of aryl methyl sites for hydroxylation is 1. The first kappa shape index (κ1) is 14.8. The first-order chi connectivity index (χ1) is 9.04. The molecule has 0 aliphatic rings. The molecule has 2 rings (SSSR count). The predicted molar refractivity (Wildman–Crippen MR) is 82.6 cm³/mol. The van der Waals surface area contributed by atoms with Crippen LogP contribution < -0.4 is 0 Å². The van der Waals surface area contributed by atoms with Crippen LogP contribution in [0.15, 0.2) is 35.4 Å². The smallest absolute Gasteiger partial charge is 0.263 e. The van der Waals surface area contributed by atoms with Gasteiger partial charge >= 0.3 is 0 Å². The number of para-hydroxylation sites is 1. The Morgan fingerprint density at radius 3 is 2.74 bits per heavy atom. The molecule has 19 heavy (non-hydrogen) atoms. The molecule has 0 fully saturated rings. The molecule has 3 nitrogen and oxygen atoms in total. The first-order valence-corrected chi connectivity index (χ1v) is 9.60. The second-order valence-corrected chi connectivity index (χ2v) is 8.12. The van der Waals surface area contributed by atoms with Gasteiger partial charge < -0.3 is 4.57 Å². The lowest BCUT2D eigenvalue weighted by Gasteiger charge is -2.04. The molecule has 1 aromatic heterocycles. The summed E-state index contributed by atoms with van der Waals surface area (Å²) in [4.78, 5) is 0.202. The van der Waals surface area contributed by atoms with E-state index < -0.39 is 9.05 Å². The maximum absolute atomic E-state index is 11.6. The summed E-state index contributed by atoms with van der Waals surface area (Å²) in [5.41, 5.74) is 0.920. The maximum atomic E-state index is 11.6. The van der Waals surface area contributed by atoms with Gasteiger partial charge in [0.05, 0.1) is 0 Å². The molecule has 1 heterocycles. The summed E-state index contributed by atoms with van der Waals surface area (Å²) >= 11 is 1.89. The second-order valence-electron chi connectivity index (χ2n) is 4.19. The number of benzene rings is 1. The van der Waals surface area contributed by atoms with E-state index in [0.717, 1.165) is 30.0 Å². The standard InChI is InChI=1S/C13H16ClNO2S2/c1-2-18-9-5-8-15-10-13(19(14,16)17)11-6-3-4-7-12(11)15/h3-4,6-7,10H,2,5,8-9H2,1H3. The van der Waals surface area contributed by atoms with Gasteiger partial charge in [-0.2, -0.15) is 11.8 Å². The Bertz CT molecular complexity index is 664. The van der Waals surface area contributed by atoms with Gasteiger partial charge in [-0.25, -0.2) is 8.42 Å². The monoisotopic (exact) mass is 317 g/mol. The van der Waals surface area contributed by atoms with Crippen molar-refractivity contribution in [3.63, 3.8) is 0 Å². The van der Waals surface area contributed by atoms with Gasteiger partial charge in [0.15, 0.2) is 0 Å². The Labute approximate surface area is 122 Å². The lowest BCUT2D eigenvalue weighted by atomic mass is 10.2. The maximum Gasteiger partial charge on any atom is 0.263 e. The number of aromatic nitrogens is 1. The van der Waals surface area contributed by atoms with Crippen molar-refractivity contribution < 1.29 is 8.42 Å². The molecule has 0 bridgehead atoms. The molecule has 0 radical (unpaired) electrons. The molecule has 1 aromatic carbocycles. The molecular weight excluding hydrogens is 302 g/mol. The molecule has 104 valence electrons. The number of hydrogen-bond acceptors (Lipinski definition) is 3. The summed E-state index contributed by atoms with van der Waals surface area (Å²) in [6.07, 6.45) is 2.66. The van der Waals surface area contributed by atoms with Crippen LogP contribution in [0.1, 0.15) is 13.3 Å². The Hall–Kier alpha value is -0.650. The SMILES string of the molecule is CCSCCCn1cc(S(=O)(=O)Cl)c2ccccc21. The Balaban J connectivity index is 2.34. The fourth-order valence-corrected chi connectivity index (χ4v) is 3.75. The highest BCUT2D eigenvalue weighted by molar-refractivity contribution is 8.14. The van der Waals surface area contributed by atoms with E-state index in [2.05, 4.69) is 6.92 Å². The zero-order chi connectivity index (χ0) is 13.9. The second kappa shape index (κ2) is 6.20. The van der Waals surface area contributed by atoms with E-state index in [1.807, 2.05) is 34.5 Å². The van der Waals surface area contributed by atoms with Gasteiger partial charge in [-0.05, 0) is 24.0 Å². The first-order valence-electron chi connectivity index (χ1n) is 6.14. The zero-order valence-corrected chi connectivity index (χ0v) is 13.1. The van der Waals surface area contributed by atoms with Gasteiger partial charge in [0.1, 0.15) is 4.90 Å². The van der Waals surface area contributed by atoms with Crippen molar-refractivity contribution in [1.29, 1.82) is 0 Å². The summed E-state index contributed by atoms with van der Waals surface area (Å²) in [6.45, 7) is 2.94. The van der Waals surface area contributed by atoms with Crippen LogP contribution in [0.3, 0.4) is 0 Å². The highest BCUT2D eigenvalue weighted by atomic mass is 35.7. The molecule has 6 heteroatoms. The van der Waals surface area contributed by atoms with Crippen LogP contribution in [0.2, 0.25) is 0 Å². The van der Waals surface area contributed by atoms with Crippen LogP contribution >= 0.6 is 22.4 Å². The fourth-order valence-electron chi connectivity index (χ4n) is 2.07. The van der Waals surface area contributed by atoms with Gasteiger partial charge in [0.25, 0.3) is 9.05 Å². The molecule has 0 amide bonds. The van der Waals surface area contributed by atoms with Crippen LogP contribution in [0.5, 0.6) is 0 Å². The third kappa shape index (κ3) is 3.46. The number of rotatable bonds is 6. The summed E-state index contributed by atoms with van der Waals surface area (Å²) in [5.74, 6) is 2.18. The van der Waals surface area contributed by atoms with E-state index in [1.54, 1.807) is 12.3 Å². The van der Waals surface area contributed by atoms with Crippen LogP contribution in [0.4, 0.5) is 0 Å². The van der Waals surface area contributed by atoms with Gasteiger partial charge in [-0.3, -0.25) is 0 Å². The molecule has 0 aliphatic carbocycles. The lowest BCUT2D eigenvalue weighted by Crippen LogP contribution is -1.97. The van der Waals surface area contributed by atoms with Crippen molar-refractivity contribution in [3.05, 3.63) is 30.5 Å². The van der Waals surface area contributed by atoms with Gasteiger partial charge in [0.2, 0.25) is 0 Å². The van der Waals surface area contributed by atoms with Crippen molar-refractivity contribution >= 4 is 42.4 Å². The topological polar surface area (TPSA) is 39.1 Å². The number of hydrogen-bond donors (Lipinski definition) is 0. The molecular formula is C13H16ClNO2S2. The van der Waals surface area contributed by atoms with Gasteiger partial charge in [-0.1, -0.05) is 25.1 Å². The van der Waals surface area contributed by atoms with Crippen LogP contribution in [-0.4, -0.2) is 24.5 Å². The van der Waals surface area contributed by atoms with Crippen LogP contribution in [0, 0.1) is 0 Å². The molecule has 0 saturated carbocycles. The van der Waals surface area contributed by atoms with E-state index >= 15 is 0 Å². The summed E-state index contributed by atoms with van der Waals surface area (Å²) in [6, 6.07) is 7.45. The average Bonchev–Trinajstić information content (AvgIpc) is 2.74. The van der Waals surface area contributed by atoms with Crippen molar-refractivity contribution in [2.45, 2.75) is 24.8 Å². The third-order valence-electron chi connectivity index (χ3n) is 2.91. The van der Waals surface area contributed by atoms with E-state index in [1.165, 1.54) is 0 Å². The highest BCUT2D eigenvalue weighted by Crippen LogP contribution is 2.28. The van der Waals surface area contributed by atoms with Crippen molar-refractivity contribution in [3.8, 4) is 0 Å². The molecule has 0 saturated heterocycles. The molecule has 0 spiro atoms. The molecule has 0 unspecified atom stereocenters. The van der Waals surface area contributed by atoms with Crippen molar-refractivity contribution in [1.82, 2.24) is 4.57 Å². The van der Waals surface area contributed by atoms with Crippen molar-refractivity contribution in [2.24, 2.45) is 0 Å². The molecule has 0 aliphatic heterocycles. The van der Waals surface area contributed by atoms with Crippen molar-refractivity contribution in [2.75, 3.05) is 11.5 Å². The lowest BCUT2D eigenvalue weighted by molar-refractivity contribution is 0.609. The predicted octanol–water partition coefficient (Wildman–Crippen LogP) is 3.71. The minimum atomic E-state index is -3.70. The summed E-state index contributed by atoms with van der Waals surface area (Å²) in [5, 5.41) is 0.695. The number of fused-ring (bicyclic) bond motifs is 1. The summed E-state index contributed by atoms with van der Waals surface area (Å²) < 4.78 is 25.1. The minimum absolute atomic E-state index is 0.202. The number of nitrogens with zero attached hydrogens (tertiary/aromatic N) is 1. The van der Waals surface area contributed by atoms with E-state index in [-0.39, 0.29) is 4.90 Å². The van der Waals surface area contributed by atoms with Crippen LogP contribution in [0.25, 0.3) is 10.9 Å². The van der Waals surface area contributed by atoms with Gasteiger partial charge in [0, 0.05) is 34.3 Å². The van der Waals surface area contributed by atoms with E-state index in [0.29, 0.717) is 5.39 Å². The Kier molecular flexibility index (Phi) is 4.81. The number of thioether (sulfide) groups is 1. The third-order valence-corrected chi connectivity index (χ3v) is 5.24. The normalized spacial score (nSPS) is 12.1. The molecule has 0 N–H and O–H groups in total. The zero-order valence-electron chi connectivity index (χ0n) is 10.7.